The Morgan fingerprint density at radius 2 is 1.72 bits per heavy atom. The largest absolute Gasteiger partial charge is 0.463 e. The van der Waals surface area contributed by atoms with Gasteiger partial charge in [0.05, 0.1) is 38.6 Å². The molecule has 2 aliphatic heterocycles. The van der Waals surface area contributed by atoms with Crippen LogP contribution in [0.5, 0.6) is 0 Å². The number of nitrogens with zero attached hydrogens (tertiary/aromatic N) is 1. The van der Waals surface area contributed by atoms with Gasteiger partial charge < -0.3 is 23.7 Å². The summed E-state index contributed by atoms with van der Waals surface area (Å²) in [5.41, 5.74) is 3.46. The van der Waals surface area contributed by atoms with Crippen LogP contribution in [0.3, 0.4) is 0 Å². The molecule has 1 saturated carbocycles. The Morgan fingerprint density at radius 3 is 2.44 bits per heavy atom. The molecular formula is C35H45NO7. The van der Waals surface area contributed by atoms with Crippen LogP contribution in [0.25, 0.3) is 11.1 Å². The van der Waals surface area contributed by atoms with E-state index in [9.17, 15) is 9.59 Å². The maximum atomic E-state index is 13.3. The lowest BCUT2D eigenvalue weighted by atomic mass is 9.93. The van der Waals surface area contributed by atoms with Crippen LogP contribution in [-0.2, 0) is 39.9 Å². The van der Waals surface area contributed by atoms with E-state index in [0.717, 1.165) is 31.5 Å². The van der Waals surface area contributed by atoms with Gasteiger partial charge in [0.15, 0.2) is 11.6 Å². The Labute approximate surface area is 255 Å². The van der Waals surface area contributed by atoms with E-state index < -0.39 is 5.79 Å². The Bertz CT molecular complexity index is 1210. The predicted molar refractivity (Wildman–Crippen MR) is 163 cm³/mol. The molecule has 8 nitrogen and oxygen atoms in total. The van der Waals surface area contributed by atoms with Crippen LogP contribution in [0.4, 0.5) is 0 Å². The van der Waals surface area contributed by atoms with E-state index in [4.69, 9.17) is 23.7 Å². The minimum absolute atomic E-state index is 0.113. The van der Waals surface area contributed by atoms with Gasteiger partial charge in [0.25, 0.3) is 0 Å². The Kier molecular flexibility index (Phi) is 11.2. The molecule has 5 rings (SSSR count). The quantitative estimate of drug-likeness (QED) is 0.228. The molecular weight excluding hydrogens is 546 g/mol. The number of ether oxygens (including phenoxy) is 5. The number of morpholine rings is 1. The molecule has 0 spiro atoms. The second-order valence-corrected chi connectivity index (χ2v) is 12.1. The molecule has 2 aromatic carbocycles. The minimum Gasteiger partial charge on any atom is -0.463 e. The van der Waals surface area contributed by atoms with E-state index in [2.05, 4.69) is 47.4 Å². The highest BCUT2D eigenvalue weighted by Gasteiger charge is 2.45. The summed E-state index contributed by atoms with van der Waals surface area (Å²) in [4.78, 5) is 27.7. The van der Waals surface area contributed by atoms with Crippen LogP contribution < -0.4 is 0 Å². The van der Waals surface area contributed by atoms with Gasteiger partial charge in [-0.3, -0.25) is 14.5 Å². The van der Waals surface area contributed by atoms with Crippen molar-refractivity contribution in [3.8, 4) is 11.1 Å². The van der Waals surface area contributed by atoms with Crippen molar-refractivity contribution in [2.45, 2.75) is 76.6 Å². The third kappa shape index (κ3) is 9.06. The highest BCUT2D eigenvalue weighted by Crippen LogP contribution is 2.35. The molecule has 0 N–H and O–H groups in total. The molecule has 232 valence electrons. The van der Waals surface area contributed by atoms with Gasteiger partial charge in [0.1, 0.15) is 12.7 Å². The summed E-state index contributed by atoms with van der Waals surface area (Å²) >= 11 is 0. The summed E-state index contributed by atoms with van der Waals surface area (Å²) in [6, 6.07) is 18.7. The van der Waals surface area contributed by atoms with Crippen molar-refractivity contribution >= 4 is 11.8 Å². The molecule has 0 bridgehead atoms. The first-order valence-electron chi connectivity index (χ1n) is 15.6. The summed E-state index contributed by atoms with van der Waals surface area (Å²) in [6.07, 6.45) is 6.85. The Hall–Kier alpha value is -2.88. The zero-order valence-electron chi connectivity index (χ0n) is 25.5. The molecule has 2 aromatic rings. The van der Waals surface area contributed by atoms with Crippen molar-refractivity contribution in [2.75, 3.05) is 39.5 Å². The average molecular weight is 592 g/mol. The fraction of sp³-hybridized carbons (Fsp3) is 0.543. The van der Waals surface area contributed by atoms with Crippen molar-refractivity contribution in [3.63, 3.8) is 0 Å². The smallest absolute Gasteiger partial charge is 0.306 e. The minimum atomic E-state index is -0.622. The van der Waals surface area contributed by atoms with Gasteiger partial charge in [-0.15, -0.1) is 0 Å². The molecule has 8 heteroatoms. The number of hydrogen-bond donors (Lipinski definition) is 0. The molecule has 0 amide bonds. The monoisotopic (exact) mass is 591 g/mol. The van der Waals surface area contributed by atoms with Crippen molar-refractivity contribution in [3.05, 3.63) is 72.3 Å². The number of esters is 1. The Balaban J connectivity index is 1.10. The molecule has 1 aliphatic carbocycles. The maximum absolute atomic E-state index is 13.3. The van der Waals surface area contributed by atoms with Gasteiger partial charge >= 0.3 is 5.97 Å². The second-order valence-electron chi connectivity index (χ2n) is 12.1. The topological polar surface area (TPSA) is 83.5 Å². The SMILES string of the molecule is CC1(C)OCC(COC(=O)CC/C=C\CCC2[C@@H](OCc3ccc(-c4ccccc4)cc3)CC(=O)[C@@H]2N2CCOCC2)O1. The highest BCUT2D eigenvalue weighted by molar-refractivity contribution is 5.87. The average Bonchev–Trinajstić information content (AvgIpc) is 3.54. The van der Waals surface area contributed by atoms with Gasteiger partial charge in [-0.25, -0.2) is 0 Å². The zero-order chi connectivity index (χ0) is 30.1. The molecule has 0 radical (unpaired) electrons. The van der Waals surface area contributed by atoms with Gasteiger partial charge in [-0.05, 0) is 49.8 Å². The van der Waals surface area contributed by atoms with Crippen LogP contribution in [0, 0.1) is 5.92 Å². The van der Waals surface area contributed by atoms with Gasteiger partial charge in [0.2, 0.25) is 0 Å². The van der Waals surface area contributed by atoms with Crippen molar-refractivity contribution in [1.82, 2.24) is 4.90 Å². The first-order chi connectivity index (χ1) is 20.9. The normalized spacial score (nSPS) is 25.9. The number of carbonyl (C=O) groups is 2. The number of Topliss-reactive ketones (excluding diaryl/α,β-unsaturated/α-hetero) is 1. The first kappa shape index (κ1) is 31.5. The van der Waals surface area contributed by atoms with E-state index in [1.165, 1.54) is 11.1 Å². The molecule has 4 atom stereocenters. The van der Waals surface area contributed by atoms with Crippen LogP contribution >= 0.6 is 0 Å². The molecule has 0 aromatic heterocycles. The molecule has 2 heterocycles. The maximum Gasteiger partial charge on any atom is 0.306 e. The van der Waals surface area contributed by atoms with Crippen LogP contribution in [0.1, 0.15) is 51.5 Å². The number of carbonyl (C=O) groups excluding carboxylic acids is 2. The van der Waals surface area contributed by atoms with Crippen LogP contribution in [-0.4, -0.2) is 80.2 Å². The van der Waals surface area contributed by atoms with Crippen molar-refractivity contribution < 1.29 is 33.3 Å². The number of allylic oxidation sites excluding steroid dienone is 2. The number of rotatable bonds is 13. The van der Waals surface area contributed by atoms with Gasteiger partial charge in [0, 0.05) is 31.8 Å². The molecule has 2 saturated heterocycles. The molecule has 43 heavy (non-hydrogen) atoms. The summed E-state index contributed by atoms with van der Waals surface area (Å²) in [7, 11) is 0. The number of hydrogen-bond acceptors (Lipinski definition) is 8. The molecule has 2 unspecified atom stereocenters. The van der Waals surface area contributed by atoms with Crippen molar-refractivity contribution in [2.24, 2.45) is 5.92 Å². The third-order valence-electron chi connectivity index (χ3n) is 8.43. The van der Waals surface area contributed by atoms with E-state index in [-0.39, 0.29) is 42.5 Å². The summed E-state index contributed by atoms with van der Waals surface area (Å²) < 4.78 is 28.5. The fourth-order valence-corrected chi connectivity index (χ4v) is 6.22. The van der Waals surface area contributed by atoms with E-state index >= 15 is 0 Å². The fourth-order valence-electron chi connectivity index (χ4n) is 6.22. The summed E-state index contributed by atoms with van der Waals surface area (Å²) in [5.74, 6) is -0.482. The molecule has 3 fully saturated rings. The van der Waals surface area contributed by atoms with Gasteiger partial charge in [-0.2, -0.15) is 0 Å². The van der Waals surface area contributed by atoms with E-state index in [1.807, 2.05) is 38.1 Å². The Morgan fingerprint density at radius 1 is 1.00 bits per heavy atom. The molecule has 3 aliphatic rings. The van der Waals surface area contributed by atoms with Gasteiger partial charge in [-0.1, -0.05) is 66.7 Å². The third-order valence-corrected chi connectivity index (χ3v) is 8.43. The summed E-state index contributed by atoms with van der Waals surface area (Å²) in [5, 5.41) is 0. The van der Waals surface area contributed by atoms with E-state index in [0.29, 0.717) is 45.7 Å². The standard InChI is InChI=1S/C35H45NO7/c1-35(2)42-25-29(43-35)24-41-33(38)13-9-4-3-8-12-30-32(22-31(37)34(30)36-18-20-39-21-19-36)40-23-26-14-16-28(17-15-26)27-10-6-5-7-11-27/h3-7,10-11,14-17,29-30,32,34H,8-9,12-13,18-25H2,1-2H3/b4-3-/t29?,30?,32-,34+/m0/s1. The summed E-state index contributed by atoms with van der Waals surface area (Å²) in [6.45, 7) is 7.68. The van der Waals surface area contributed by atoms with Crippen LogP contribution in [0.2, 0.25) is 0 Å². The zero-order valence-corrected chi connectivity index (χ0v) is 25.5. The highest BCUT2D eigenvalue weighted by atomic mass is 16.7. The lowest BCUT2D eigenvalue weighted by Crippen LogP contribution is -2.49. The lowest BCUT2D eigenvalue weighted by molar-refractivity contribution is -0.158. The number of ketones is 1. The van der Waals surface area contributed by atoms with E-state index in [1.54, 1.807) is 0 Å². The second kappa shape index (κ2) is 15.2. The van der Waals surface area contributed by atoms with Crippen molar-refractivity contribution in [1.29, 1.82) is 0 Å². The van der Waals surface area contributed by atoms with Crippen LogP contribution in [0.15, 0.2) is 66.7 Å². The first-order valence-corrected chi connectivity index (χ1v) is 15.6. The lowest BCUT2D eigenvalue weighted by Gasteiger charge is -2.35. The predicted octanol–water partition coefficient (Wildman–Crippen LogP) is 5.34. The number of benzene rings is 2.